The molecule has 0 rings (SSSR count). The van der Waals surface area contributed by atoms with Gasteiger partial charge >= 0.3 is 23.9 Å². The van der Waals surface area contributed by atoms with Gasteiger partial charge in [-0.2, -0.15) is 39.5 Å². The van der Waals surface area contributed by atoms with E-state index in [1.54, 1.807) is 13.8 Å². The summed E-state index contributed by atoms with van der Waals surface area (Å²) in [4.78, 5) is 0. The molecular formula is C14H21F9O2. The van der Waals surface area contributed by atoms with Crippen LogP contribution in [0, 0.1) is 11.3 Å². The van der Waals surface area contributed by atoms with Gasteiger partial charge in [0, 0.05) is 11.8 Å². The standard InChI is InChI=1S/C14H21F9O2/c1-9(2)3-4-10(7-24,8-25)5-6-11(15,16)12(17,18)13(19,20)14(21,22)23/h9,24-25H,3-8H2,1-2H3. The zero-order valence-corrected chi connectivity index (χ0v) is 13.6. The van der Waals surface area contributed by atoms with Gasteiger partial charge in [-0.25, -0.2) is 0 Å². The molecule has 11 heteroatoms. The first-order chi connectivity index (χ1) is 11.0. The van der Waals surface area contributed by atoms with E-state index in [1.165, 1.54) is 0 Å². The van der Waals surface area contributed by atoms with Gasteiger partial charge in [-0.15, -0.1) is 0 Å². The van der Waals surface area contributed by atoms with Crippen LogP contribution in [0.4, 0.5) is 39.5 Å². The highest BCUT2D eigenvalue weighted by Crippen LogP contribution is 2.55. The smallest absolute Gasteiger partial charge is 0.396 e. The first-order valence-electron chi connectivity index (χ1n) is 7.41. The minimum atomic E-state index is -6.93. The Hall–Kier alpha value is -0.710. The molecule has 25 heavy (non-hydrogen) atoms. The number of aliphatic hydroxyl groups excluding tert-OH is 2. The Balaban J connectivity index is 5.40. The second kappa shape index (κ2) is 7.89. The topological polar surface area (TPSA) is 40.5 Å². The van der Waals surface area contributed by atoms with Crippen LogP contribution in [-0.2, 0) is 0 Å². The van der Waals surface area contributed by atoms with Crippen LogP contribution in [0.2, 0.25) is 0 Å². The Kier molecular flexibility index (Phi) is 7.67. The van der Waals surface area contributed by atoms with Gasteiger partial charge in [0.1, 0.15) is 0 Å². The summed E-state index contributed by atoms with van der Waals surface area (Å²) in [5.74, 6) is -19.3. The molecule has 2 N–H and O–H groups in total. The summed E-state index contributed by atoms with van der Waals surface area (Å²) in [7, 11) is 0. The highest BCUT2D eigenvalue weighted by molar-refractivity contribution is 5.01. The van der Waals surface area contributed by atoms with Crippen LogP contribution in [0.5, 0.6) is 0 Å². The summed E-state index contributed by atoms with van der Waals surface area (Å²) < 4.78 is 115. The molecule has 0 aromatic rings. The first-order valence-corrected chi connectivity index (χ1v) is 7.41. The van der Waals surface area contributed by atoms with Gasteiger partial charge < -0.3 is 10.2 Å². The third kappa shape index (κ3) is 5.15. The Labute approximate surface area is 139 Å². The van der Waals surface area contributed by atoms with E-state index in [9.17, 15) is 49.7 Å². The molecule has 0 aliphatic carbocycles. The van der Waals surface area contributed by atoms with Crippen molar-refractivity contribution in [1.29, 1.82) is 0 Å². The monoisotopic (exact) mass is 392 g/mol. The van der Waals surface area contributed by atoms with Crippen LogP contribution >= 0.6 is 0 Å². The molecule has 0 spiro atoms. The van der Waals surface area contributed by atoms with Crippen molar-refractivity contribution in [2.24, 2.45) is 11.3 Å². The second-order valence-corrected chi connectivity index (χ2v) is 6.60. The van der Waals surface area contributed by atoms with Crippen LogP contribution in [-0.4, -0.2) is 47.4 Å². The van der Waals surface area contributed by atoms with Crippen LogP contribution in [0.15, 0.2) is 0 Å². The first kappa shape index (κ1) is 24.3. The minimum absolute atomic E-state index is 0.00557. The lowest BCUT2D eigenvalue weighted by Gasteiger charge is -2.36. The van der Waals surface area contributed by atoms with Crippen molar-refractivity contribution >= 4 is 0 Å². The number of halogens is 9. The third-order valence-electron chi connectivity index (χ3n) is 4.10. The predicted octanol–water partition coefficient (Wildman–Crippen LogP) is 4.64. The highest BCUT2D eigenvalue weighted by Gasteiger charge is 2.81. The van der Waals surface area contributed by atoms with Gasteiger partial charge in [0.15, 0.2) is 0 Å². The molecule has 152 valence electrons. The summed E-state index contributed by atoms with van der Waals surface area (Å²) in [6.45, 7) is 1.61. The molecule has 0 radical (unpaired) electrons. The van der Waals surface area contributed by atoms with Crippen LogP contribution < -0.4 is 0 Å². The van der Waals surface area contributed by atoms with E-state index in [0.29, 0.717) is 6.42 Å². The van der Waals surface area contributed by atoms with Crippen LogP contribution in [0.1, 0.15) is 39.5 Å². The largest absolute Gasteiger partial charge is 0.460 e. The fraction of sp³-hybridized carbons (Fsp3) is 1.00. The van der Waals surface area contributed by atoms with Gasteiger partial charge in [-0.1, -0.05) is 20.3 Å². The molecule has 0 aromatic heterocycles. The lowest BCUT2D eigenvalue weighted by atomic mass is 9.77. The molecule has 0 atom stereocenters. The molecule has 0 aliphatic rings. The molecule has 0 aliphatic heterocycles. The lowest BCUT2D eigenvalue weighted by molar-refractivity contribution is -0.397. The SMILES string of the molecule is CC(C)CCC(CO)(CO)CCC(F)(F)C(F)(F)C(F)(F)C(F)(F)F. The van der Waals surface area contributed by atoms with E-state index in [0.717, 1.165) is 0 Å². The Bertz CT molecular complexity index is 415. The maximum absolute atomic E-state index is 13.5. The van der Waals surface area contributed by atoms with Crippen molar-refractivity contribution in [1.82, 2.24) is 0 Å². The Morgan fingerprint density at radius 2 is 1.12 bits per heavy atom. The average Bonchev–Trinajstić information content (AvgIpc) is 2.46. The van der Waals surface area contributed by atoms with Crippen molar-refractivity contribution in [3.63, 3.8) is 0 Å². The summed E-state index contributed by atoms with van der Waals surface area (Å²) in [5.41, 5.74) is -1.68. The zero-order valence-electron chi connectivity index (χ0n) is 13.6. The van der Waals surface area contributed by atoms with Crippen molar-refractivity contribution in [3.8, 4) is 0 Å². The lowest BCUT2D eigenvalue weighted by Crippen LogP contribution is -2.61. The van der Waals surface area contributed by atoms with E-state index in [4.69, 9.17) is 0 Å². The number of rotatable bonds is 10. The molecule has 0 saturated carbocycles. The van der Waals surface area contributed by atoms with Crippen LogP contribution in [0.25, 0.3) is 0 Å². The van der Waals surface area contributed by atoms with Gasteiger partial charge in [-0.3, -0.25) is 0 Å². The maximum Gasteiger partial charge on any atom is 0.460 e. The number of aliphatic hydroxyl groups is 2. The number of hydrogen-bond donors (Lipinski definition) is 2. The zero-order chi connectivity index (χ0) is 20.3. The summed E-state index contributed by atoms with van der Waals surface area (Å²) in [6, 6.07) is 0. The molecule has 0 aromatic carbocycles. The van der Waals surface area contributed by atoms with Crippen molar-refractivity contribution < 1.29 is 49.7 Å². The summed E-state index contributed by atoms with van der Waals surface area (Å²) in [5, 5.41) is 18.5. The Morgan fingerprint density at radius 3 is 1.44 bits per heavy atom. The maximum atomic E-state index is 13.5. The average molecular weight is 392 g/mol. The number of hydrogen-bond acceptors (Lipinski definition) is 2. The predicted molar refractivity (Wildman–Crippen MR) is 70.8 cm³/mol. The van der Waals surface area contributed by atoms with Crippen molar-refractivity contribution in [3.05, 3.63) is 0 Å². The van der Waals surface area contributed by atoms with Crippen LogP contribution in [0.3, 0.4) is 0 Å². The fourth-order valence-corrected chi connectivity index (χ4v) is 2.07. The quantitative estimate of drug-likeness (QED) is 0.532. The molecule has 2 nitrogen and oxygen atoms in total. The van der Waals surface area contributed by atoms with Gasteiger partial charge in [0.05, 0.1) is 13.2 Å². The highest BCUT2D eigenvalue weighted by atomic mass is 19.4. The van der Waals surface area contributed by atoms with E-state index in [1.807, 2.05) is 0 Å². The molecule has 0 saturated heterocycles. The molecule has 0 fully saturated rings. The molecule has 0 bridgehead atoms. The van der Waals surface area contributed by atoms with Crippen molar-refractivity contribution in [2.45, 2.75) is 63.5 Å². The Morgan fingerprint density at radius 1 is 0.680 bits per heavy atom. The summed E-state index contributed by atoms with van der Waals surface area (Å²) >= 11 is 0. The molecule has 0 heterocycles. The third-order valence-corrected chi connectivity index (χ3v) is 4.10. The molecule has 0 amide bonds. The normalized spacial score (nSPS) is 15.1. The van der Waals surface area contributed by atoms with E-state index < -0.39 is 55.4 Å². The van der Waals surface area contributed by atoms with Gasteiger partial charge in [0.25, 0.3) is 0 Å². The van der Waals surface area contributed by atoms with E-state index >= 15 is 0 Å². The molecule has 0 unspecified atom stereocenters. The van der Waals surface area contributed by atoms with E-state index in [-0.39, 0.29) is 12.3 Å². The van der Waals surface area contributed by atoms with E-state index in [2.05, 4.69) is 0 Å². The summed E-state index contributed by atoms with van der Waals surface area (Å²) in [6.07, 6.45) is -9.76. The fourth-order valence-electron chi connectivity index (χ4n) is 2.07. The minimum Gasteiger partial charge on any atom is -0.396 e. The van der Waals surface area contributed by atoms with Gasteiger partial charge in [0.2, 0.25) is 0 Å². The molecular weight excluding hydrogens is 371 g/mol. The second-order valence-electron chi connectivity index (χ2n) is 6.60. The number of alkyl halides is 9. The van der Waals surface area contributed by atoms with Crippen molar-refractivity contribution in [2.75, 3.05) is 13.2 Å². The van der Waals surface area contributed by atoms with Gasteiger partial charge in [-0.05, 0) is 18.8 Å².